The van der Waals surface area contributed by atoms with Crippen LogP contribution in [0.3, 0.4) is 0 Å². The minimum absolute atomic E-state index is 0.132. The number of aliphatic hydroxyl groups is 1. The van der Waals surface area contributed by atoms with E-state index in [1.54, 1.807) is 41.3 Å². The monoisotopic (exact) mass is 639 g/mol. The van der Waals surface area contributed by atoms with Gasteiger partial charge in [-0.2, -0.15) is 0 Å². The lowest BCUT2D eigenvalue weighted by molar-refractivity contribution is -0.147. The first kappa shape index (κ1) is 31.7. The number of fused-ring (bicyclic) bond motifs is 1. The van der Waals surface area contributed by atoms with Crippen LogP contribution in [0.4, 0.5) is 5.69 Å². The van der Waals surface area contributed by atoms with Gasteiger partial charge in [0.05, 0.1) is 41.3 Å². The fourth-order valence-corrected chi connectivity index (χ4v) is 7.91. The van der Waals surface area contributed by atoms with Gasteiger partial charge in [0.15, 0.2) is 0 Å². The number of anilines is 1. The van der Waals surface area contributed by atoms with Crippen LogP contribution in [0.5, 0.6) is 0 Å². The van der Waals surface area contributed by atoms with Crippen LogP contribution in [0, 0.1) is 11.8 Å². The minimum Gasteiger partial charge on any atom is -0.394 e. The molecule has 3 fully saturated rings. The summed E-state index contributed by atoms with van der Waals surface area (Å²) in [7, 11) is 0. The van der Waals surface area contributed by atoms with Crippen molar-refractivity contribution in [3.63, 3.8) is 0 Å². The van der Waals surface area contributed by atoms with Gasteiger partial charge in [0.1, 0.15) is 11.6 Å². The number of carbonyl (C=O) groups excluding carboxylic acids is 3. The molecule has 0 radical (unpaired) electrons. The summed E-state index contributed by atoms with van der Waals surface area (Å²) in [6.45, 7) is 8.09. The zero-order valence-corrected chi connectivity index (χ0v) is 26.3. The molecule has 3 saturated heterocycles. The highest BCUT2D eigenvalue weighted by Crippen LogP contribution is 2.60. The van der Waals surface area contributed by atoms with Gasteiger partial charge in [-0.3, -0.25) is 14.4 Å². The van der Waals surface area contributed by atoms with Gasteiger partial charge in [0, 0.05) is 19.6 Å². The van der Waals surface area contributed by atoms with E-state index in [0.29, 0.717) is 42.2 Å². The standard InChI is InChI=1S/C37H38ClN3O5/c1-3-21-39(23-25-13-7-5-8-14-25)34(43)31-30-19-20-37(46-30)32(31)35(44)41(29(24-42)26-15-9-6-10-16-26)33(37)36(45)40(22-4-2)28-18-12-11-17-27(28)38/h3-18,29-33,42H,1-2,19-24H2/t29-,30+,31-,32+,33?,37?/m1/s1. The second-order valence-corrected chi connectivity index (χ2v) is 12.5. The van der Waals surface area contributed by atoms with E-state index in [2.05, 4.69) is 13.2 Å². The fourth-order valence-electron chi connectivity index (χ4n) is 7.67. The van der Waals surface area contributed by atoms with Crippen molar-refractivity contribution in [2.45, 2.75) is 43.2 Å². The summed E-state index contributed by atoms with van der Waals surface area (Å²) in [5.41, 5.74) is 0.833. The summed E-state index contributed by atoms with van der Waals surface area (Å²) in [5.74, 6) is -2.70. The number of nitrogens with zero attached hydrogens (tertiary/aromatic N) is 3. The van der Waals surface area contributed by atoms with Gasteiger partial charge in [0.2, 0.25) is 11.8 Å². The Morgan fingerprint density at radius 1 is 0.978 bits per heavy atom. The van der Waals surface area contributed by atoms with Crippen molar-refractivity contribution in [2.75, 3.05) is 24.6 Å². The first-order chi connectivity index (χ1) is 22.4. The molecule has 6 rings (SSSR count). The number of aliphatic hydroxyl groups excluding tert-OH is 1. The summed E-state index contributed by atoms with van der Waals surface area (Å²) in [5, 5.41) is 11.2. The molecule has 1 spiro atoms. The summed E-state index contributed by atoms with van der Waals surface area (Å²) < 4.78 is 6.73. The number of amides is 3. The minimum atomic E-state index is -1.27. The van der Waals surface area contributed by atoms with Crippen LogP contribution in [0.1, 0.15) is 30.0 Å². The predicted molar refractivity (Wildman–Crippen MR) is 177 cm³/mol. The Labute approximate surface area is 274 Å². The molecule has 0 aromatic heterocycles. The zero-order valence-electron chi connectivity index (χ0n) is 25.6. The third-order valence-corrected chi connectivity index (χ3v) is 9.87. The molecule has 6 atom stereocenters. The molecule has 3 aliphatic heterocycles. The average Bonchev–Trinajstić information content (AvgIpc) is 3.72. The van der Waals surface area contributed by atoms with E-state index in [0.717, 1.165) is 5.56 Å². The van der Waals surface area contributed by atoms with Crippen LogP contribution in [0.25, 0.3) is 0 Å². The summed E-state index contributed by atoms with van der Waals surface area (Å²) in [6.07, 6.45) is 3.69. The number of hydrogen-bond acceptors (Lipinski definition) is 5. The molecule has 2 bridgehead atoms. The Balaban J connectivity index is 1.45. The van der Waals surface area contributed by atoms with Crippen molar-refractivity contribution in [3.05, 3.63) is 126 Å². The highest BCUT2D eigenvalue weighted by molar-refractivity contribution is 6.34. The lowest BCUT2D eigenvalue weighted by atomic mass is 9.70. The molecule has 8 nitrogen and oxygen atoms in total. The molecule has 3 heterocycles. The fraction of sp³-hybridized carbons (Fsp3) is 0.324. The number of rotatable bonds is 12. The van der Waals surface area contributed by atoms with Crippen molar-refractivity contribution in [1.29, 1.82) is 0 Å². The maximum absolute atomic E-state index is 14.9. The molecule has 0 aliphatic carbocycles. The lowest BCUT2D eigenvalue weighted by Crippen LogP contribution is -2.57. The third kappa shape index (κ3) is 5.34. The third-order valence-electron chi connectivity index (χ3n) is 9.55. The Bertz CT molecular complexity index is 1620. The maximum Gasteiger partial charge on any atom is 0.253 e. The molecule has 3 aromatic carbocycles. The molecular weight excluding hydrogens is 602 g/mol. The molecule has 1 N–H and O–H groups in total. The predicted octanol–water partition coefficient (Wildman–Crippen LogP) is 5.18. The first-order valence-electron chi connectivity index (χ1n) is 15.6. The van der Waals surface area contributed by atoms with Crippen LogP contribution in [-0.4, -0.2) is 70.1 Å². The second kappa shape index (κ2) is 13.2. The van der Waals surface area contributed by atoms with E-state index in [4.69, 9.17) is 16.3 Å². The maximum atomic E-state index is 14.9. The van der Waals surface area contributed by atoms with Crippen LogP contribution in [-0.2, 0) is 25.7 Å². The van der Waals surface area contributed by atoms with Gasteiger partial charge < -0.3 is 24.5 Å². The summed E-state index contributed by atoms with van der Waals surface area (Å²) in [4.78, 5) is 48.9. The number of ether oxygens (including phenoxy) is 1. The van der Waals surface area contributed by atoms with E-state index in [1.807, 2.05) is 60.7 Å². The van der Waals surface area contributed by atoms with Gasteiger partial charge in [-0.05, 0) is 36.1 Å². The van der Waals surface area contributed by atoms with Crippen molar-refractivity contribution in [1.82, 2.24) is 9.80 Å². The zero-order chi connectivity index (χ0) is 32.4. The van der Waals surface area contributed by atoms with Crippen molar-refractivity contribution >= 4 is 35.0 Å². The molecule has 46 heavy (non-hydrogen) atoms. The SMILES string of the molecule is C=CCN(Cc1ccccc1)C(=O)[C@@H]1[C@@H]2CCC3(O2)C(C(=O)N(CC=C)c2ccccc2Cl)N([C@H](CO)c2ccccc2)C(=O)[C@H]13. The number of carbonyl (C=O) groups is 3. The Morgan fingerprint density at radius 2 is 1.63 bits per heavy atom. The smallest absolute Gasteiger partial charge is 0.253 e. The Morgan fingerprint density at radius 3 is 2.28 bits per heavy atom. The lowest BCUT2D eigenvalue weighted by Gasteiger charge is -2.39. The van der Waals surface area contributed by atoms with Gasteiger partial charge in [-0.25, -0.2) is 0 Å². The molecule has 0 saturated carbocycles. The second-order valence-electron chi connectivity index (χ2n) is 12.1. The number of para-hydroxylation sites is 1. The van der Waals surface area contributed by atoms with Crippen LogP contribution < -0.4 is 4.90 Å². The molecule has 9 heteroatoms. The topological polar surface area (TPSA) is 90.4 Å². The molecule has 3 aromatic rings. The molecule has 2 unspecified atom stereocenters. The summed E-state index contributed by atoms with van der Waals surface area (Å²) >= 11 is 6.60. The summed E-state index contributed by atoms with van der Waals surface area (Å²) in [6, 6.07) is 23.9. The van der Waals surface area contributed by atoms with Crippen LogP contribution in [0.2, 0.25) is 5.02 Å². The van der Waals surface area contributed by atoms with Crippen molar-refractivity contribution in [2.24, 2.45) is 11.8 Å². The van der Waals surface area contributed by atoms with Gasteiger partial charge in [-0.1, -0.05) is 96.5 Å². The van der Waals surface area contributed by atoms with Gasteiger partial charge >= 0.3 is 0 Å². The Kier molecular flexibility index (Phi) is 9.13. The van der Waals surface area contributed by atoms with Crippen LogP contribution >= 0.6 is 11.6 Å². The quantitative estimate of drug-likeness (QED) is 0.276. The number of benzene rings is 3. The first-order valence-corrected chi connectivity index (χ1v) is 16.0. The van der Waals surface area contributed by atoms with Gasteiger partial charge in [-0.15, -0.1) is 13.2 Å². The number of halogens is 1. The molecular formula is C37H38ClN3O5. The number of hydrogen-bond donors (Lipinski definition) is 1. The van der Waals surface area contributed by atoms with Gasteiger partial charge in [0.25, 0.3) is 5.91 Å². The van der Waals surface area contributed by atoms with Crippen molar-refractivity contribution < 1.29 is 24.2 Å². The highest BCUT2D eigenvalue weighted by Gasteiger charge is 2.75. The van der Waals surface area contributed by atoms with E-state index < -0.39 is 48.1 Å². The number of likely N-dealkylation sites (tertiary alicyclic amines) is 1. The molecule has 3 amide bonds. The van der Waals surface area contributed by atoms with Crippen LogP contribution in [0.15, 0.2) is 110 Å². The highest BCUT2D eigenvalue weighted by atomic mass is 35.5. The largest absolute Gasteiger partial charge is 0.394 e. The Hall–Kier alpha value is -4.24. The van der Waals surface area contributed by atoms with Crippen molar-refractivity contribution in [3.8, 4) is 0 Å². The molecule has 238 valence electrons. The van der Waals surface area contributed by atoms with E-state index in [1.165, 1.54) is 9.80 Å². The van der Waals surface area contributed by atoms with E-state index in [-0.39, 0.29) is 18.4 Å². The normalized spacial score (nSPS) is 25.2. The van der Waals surface area contributed by atoms with E-state index >= 15 is 0 Å². The average molecular weight is 640 g/mol. The van der Waals surface area contributed by atoms with E-state index in [9.17, 15) is 19.5 Å². The molecule has 3 aliphatic rings.